The van der Waals surface area contributed by atoms with E-state index in [0.717, 1.165) is 38.9 Å². The zero-order valence-corrected chi connectivity index (χ0v) is 35.0. The van der Waals surface area contributed by atoms with Crippen molar-refractivity contribution < 1.29 is 42.1 Å². The van der Waals surface area contributed by atoms with Gasteiger partial charge < -0.3 is 30.2 Å². The first-order chi connectivity index (χ1) is 23.9. The molecule has 4 heterocycles. The number of pyridine rings is 2. The molecule has 2 aromatic heterocycles. The second kappa shape index (κ2) is 20.4. The Bertz CT molecular complexity index is 1560. The van der Waals surface area contributed by atoms with Gasteiger partial charge >= 0.3 is 33.3 Å². The van der Waals surface area contributed by atoms with Crippen molar-refractivity contribution >= 4 is 35.8 Å². The first-order valence-corrected chi connectivity index (χ1v) is 18.5. The number of hydrogen-bond acceptors (Lipinski definition) is 7. The van der Waals surface area contributed by atoms with Crippen LogP contribution in [0.15, 0.2) is 102 Å². The largest absolute Gasteiger partial charge is 1.00 e. The van der Waals surface area contributed by atoms with Crippen LogP contribution in [0.25, 0.3) is 22.5 Å². The molecule has 0 spiro atoms. The van der Waals surface area contributed by atoms with E-state index in [9.17, 15) is 0 Å². The molecule has 6 rings (SSSR count). The fourth-order valence-corrected chi connectivity index (χ4v) is 4.81. The van der Waals surface area contributed by atoms with Crippen LogP contribution in [0.1, 0.15) is 89.0 Å². The molecule has 2 fully saturated rings. The molecule has 11 heteroatoms. The molecular formula is C41H56B2BrLiN2O5. The van der Waals surface area contributed by atoms with Crippen molar-refractivity contribution in [3.05, 3.63) is 109 Å². The molecule has 2 aliphatic rings. The molecule has 2 aromatic carbocycles. The fourth-order valence-electron chi connectivity index (χ4n) is 4.54. The quantitative estimate of drug-likeness (QED) is 0.152. The van der Waals surface area contributed by atoms with Gasteiger partial charge in [-0.3, -0.25) is 9.97 Å². The molecule has 0 aliphatic carbocycles. The van der Waals surface area contributed by atoms with Crippen LogP contribution in [0.5, 0.6) is 0 Å². The molecule has 0 atom stereocenters. The molecule has 0 unspecified atom stereocenters. The topological polar surface area (TPSA) is 71.9 Å². The molecular weight excluding hydrogens is 709 g/mol. The Labute approximate surface area is 335 Å². The van der Waals surface area contributed by atoms with E-state index in [-0.39, 0.29) is 54.5 Å². The third kappa shape index (κ3) is 13.2. The average molecular weight is 765 g/mol. The Morgan fingerprint density at radius 1 is 0.654 bits per heavy atom. The Kier molecular flexibility index (Phi) is 18.0. The van der Waals surface area contributed by atoms with E-state index in [2.05, 4.69) is 79.6 Å². The number of aromatic nitrogens is 2. The minimum Gasteiger partial charge on any atom is -0.399 e. The van der Waals surface area contributed by atoms with E-state index in [0.29, 0.717) is 0 Å². The minimum atomic E-state index is -0.523. The molecule has 0 amide bonds. The van der Waals surface area contributed by atoms with Crippen LogP contribution in [-0.4, -0.2) is 52.9 Å². The van der Waals surface area contributed by atoms with Gasteiger partial charge in [0.2, 0.25) is 0 Å². The molecule has 4 aromatic rings. The van der Waals surface area contributed by atoms with Crippen LogP contribution in [0.4, 0.5) is 0 Å². The molecule has 2 saturated heterocycles. The molecule has 0 bridgehead atoms. The van der Waals surface area contributed by atoms with Crippen LogP contribution < -0.4 is 24.3 Å². The normalized spacial score (nSPS) is 17.4. The van der Waals surface area contributed by atoms with Crippen LogP contribution in [0, 0.1) is 6.92 Å². The summed E-state index contributed by atoms with van der Waals surface area (Å²) in [5, 5.41) is 0. The second-order valence-electron chi connectivity index (χ2n) is 14.7. The van der Waals surface area contributed by atoms with Crippen molar-refractivity contribution in [2.45, 2.75) is 118 Å². The van der Waals surface area contributed by atoms with Crippen molar-refractivity contribution in [2.24, 2.45) is 0 Å². The van der Waals surface area contributed by atoms with Gasteiger partial charge in [0, 0.05) is 34.1 Å². The Morgan fingerprint density at radius 3 is 1.38 bits per heavy atom. The summed E-state index contributed by atoms with van der Waals surface area (Å²) in [6.45, 7) is 26.0. The summed E-state index contributed by atoms with van der Waals surface area (Å²) in [6, 6.07) is 28.2. The summed E-state index contributed by atoms with van der Waals surface area (Å²) < 4.78 is 29.9. The summed E-state index contributed by atoms with van der Waals surface area (Å²) in [5.41, 5.74) is 4.04. The number of benzene rings is 2. The summed E-state index contributed by atoms with van der Waals surface area (Å²) in [4.78, 5) is 8.62. The van der Waals surface area contributed by atoms with Gasteiger partial charge in [0.05, 0.1) is 33.8 Å². The van der Waals surface area contributed by atoms with Gasteiger partial charge in [-0.05, 0) is 111 Å². The molecule has 274 valence electrons. The predicted molar refractivity (Wildman–Crippen MR) is 215 cm³/mol. The molecule has 2 aliphatic heterocycles. The van der Waals surface area contributed by atoms with Gasteiger partial charge in [0.15, 0.2) is 0 Å². The zero-order valence-electron chi connectivity index (χ0n) is 33.4. The number of halogens is 1. The van der Waals surface area contributed by atoms with Gasteiger partial charge in [-0.2, -0.15) is 6.42 Å². The number of hydrogen-bond donors (Lipinski definition) is 0. The Balaban J connectivity index is 0.000000264. The number of unbranched alkanes of at least 4 members (excludes halogenated alkanes) is 1. The van der Waals surface area contributed by atoms with E-state index in [1.807, 2.05) is 114 Å². The Hall–Kier alpha value is -2.25. The first-order valence-electron chi connectivity index (χ1n) is 17.8. The SMILES string of the molecule is Brc1ccc(-c2ccccn2)cc1.CC(C)OB1OC(C)(C)C(C)(C)O1.CC1(C)OB(c2ccc(-c3ccccn3)cc2)OC1(C)C.[CH2-]CCC.[Li+]. The second-order valence-corrected chi connectivity index (χ2v) is 15.6. The average Bonchev–Trinajstić information content (AvgIpc) is 3.44. The smallest absolute Gasteiger partial charge is 0.399 e. The molecule has 52 heavy (non-hydrogen) atoms. The Morgan fingerprint density at radius 2 is 1.04 bits per heavy atom. The third-order valence-corrected chi connectivity index (χ3v) is 9.70. The molecule has 0 N–H and O–H groups in total. The van der Waals surface area contributed by atoms with Gasteiger partial charge in [-0.25, -0.2) is 0 Å². The van der Waals surface area contributed by atoms with E-state index in [1.54, 1.807) is 12.4 Å². The fraction of sp³-hybridized carbons (Fsp3) is 0.439. The maximum atomic E-state index is 6.06. The first kappa shape index (κ1) is 45.9. The summed E-state index contributed by atoms with van der Waals surface area (Å²) in [7, 11) is -0.835. The molecule has 0 radical (unpaired) electrons. The standard InChI is InChI=1S/C17H20BNO2.C11H8BrN.C9H19BO3.C4H9.Li/c1-16(2)17(3,4)21-18(20-16)14-10-8-13(9-11-14)15-7-5-6-12-19-15;12-10-6-4-9(5-7-10)11-3-1-2-8-13-11;1-7(2)11-10-12-8(3,4)9(5,6)13-10;1-3-4-2;/h5-12H,1-4H3;1-8H;7H,1-6H3;1,3-4H2,2H3;/q;;;-1;+1. The van der Waals surface area contributed by atoms with Gasteiger partial charge in [0.25, 0.3) is 0 Å². The minimum absolute atomic E-state index is 0. The third-order valence-electron chi connectivity index (χ3n) is 9.17. The van der Waals surface area contributed by atoms with E-state index in [1.165, 1.54) is 6.42 Å². The van der Waals surface area contributed by atoms with Gasteiger partial charge in [-0.15, -0.1) is 0 Å². The van der Waals surface area contributed by atoms with Crippen LogP contribution >= 0.6 is 15.9 Å². The van der Waals surface area contributed by atoms with Gasteiger partial charge in [0.1, 0.15) is 0 Å². The molecule has 0 saturated carbocycles. The summed E-state index contributed by atoms with van der Waals surface area (Å²) >= 11 is 3.40. The maximum Gasteiger partial charge on any atom is 1.00 e. The van der Waals surface area contributed by atoms with Crippen LogP contribution in [0.3, 0.4) is 0 Å². The maximum absolute atomic E-state index is 6.06. The van der Waals surface area contributed by atoms with Crippen molar-refractivity contribution in [1.82, 2.24) is 9.97 Å². The number of rotatable bonds is 6. The predicted octanol–water partition coefficient (Wildman–Crippen LogP) is 7.18. The van der Waals surface area contributed by atoms with E-state index < -0.39 is 7.32 Å². The van der Waals surface area contributed by atoms with Crippen molar-refractivity contribution in [3.8, 4) is 22.5 Å². The zero-order chi connectivity index (χ0) is 37.9. The summed E-state index contributed by atoms with van der Waals surface area (Å²) in [6.07, 6.45) is 6.00. The number of nitrogens with zero attached hydrogens (tertiary/aromatic N) is 2. The molecule has 7 nitrogen and oxygen atoms in total. The monoisotopic (exact) mass is 764 g/mol. The van der Waals surface area contributed by atoms with Crippen LogP contribution in [0.2, 0.25) is 0 Å². The summed E-state index contributed by atoms with van der Waals surface area (Å²) in [5.74, 6) is 0. The van der Waals surface area contributed by atoms with Gasteiger partial charge in [-0.1, -0.05) is 77.8 Å². The van der Waals surface area contributed by atoms with Crippen molar-refractivity contribution in [3.63, 3.8) is 0 Å². The van der Waals surface area contributed by atoms with Crippen molar-refractivity contribution in [2.75, 3.05) is 0 Å². The van der Waals surface area contributed by atoms with Crippen molar-refractivity contribution in [1.29, 1.82) is 0 Å². The van der Waals surface area contributed by atoms with Crippen LogP contribution in [-0.2, 0) is 23.3 Å². The van der Waals surface area contributed by atoms with E-state index >= 15 is 0 Å². The van der Waals surface area contributed by atoms with E-state index in [4.69, 9.17) is 23.3 Å².